The average Bonchev–Trinajstić information content (AvgIpc) is 2.37. The van der Waals surface area contributed by atoms with Crippen LogP contribution < -0.4 is 0 Å². The summed E-state index contributed by atoms with van der Waals surface area (Å²) in [5.41, 5.74) is -0.636. The molecule has 0 saturated heterocycles. The van der Waals surface area contributed by atoms with E-state index < -0.39 is 23.0 Å². The third kappa shape index (κ3) is 3.40. The Labute approximate surface area is 120 Å². The SMILES string of the molecule is CC(C)(C)c1cc(C(F)(F)F)c(-c2ccc(F)cc2)cn1. The Hall–Kier alpha value is -1.91. The fourth-order valence-corrected chi connectivity index (χ4v) is 1.96. The largest absolute Gasteiger partial charge is 0.417 e. The zero-order valence-electron chi connectivity index (χ0n) is 11.9. The molecule has 0 amide bonds. The highest BCUT2D eigenvalue weighted by molar-refractivity contribution is 5.67. The van der Waals surface area contributed by atoms with Crippen molar-refractivity contribution < 1.29 is 17.6 Å². The lowest BCUT2D eigenvalue weighted by Crippen LogP contribution is -2.17. The molecule has 0 bridgehead atoms. The first-order chi connectivity index (χ1) is 9.59. The molecule has 0 aliphatic rings. The number of hydrogen-bond acceptors (Lipinski definition) is 1. The highest BCUT2D eigenvalue weighted by atomic mass is 19.4. The highest BCUT2D eigenvalue weighted by Gasteiger charge is 2.35. The Morgan fingerprint density at radius 2 is 1.52 bits per heavy atom. The monoisotopic (exact) mass is 297 g/mol. The molecular weight excluding hydrogens is 282 g/mol. The topological polar surface area (TPSA) is 12.9 Å². The molecule has 0 radical (unpaired) electrons. The summed E-state index contributed by atoms with van der Waals surface area (Å²) in [6.07, 6.45) is -3.29. The smallest absolute Gasteiger partial charge is 0.260 e. The molecule has 1 heterocycles. The fraction of sp³-hybridized carbons (Fsp3) is 0.312. The van der Waals surface area contributed by atoms with E-state index in [4.69, 9.17) is 0 Å². The summed E-state index contributed by atoms with van der Waals surface area (Å²) in [6, 6.07) is 5.97. The first-order valence-electron chi connectivity index (χ1n) is 6.43. The van der Waals surface area contributed by atoms with Crippen LogP contribution in [0.2, 0.25) is 0 Å². The van der Waals surface area contributed by atoms with Gasteiger partial charge in [-0.15, -0.1) is 0 Å². The Bertz CT molecular complexity index is 637. The zero-order valence-corrected chi connectivity index (χ0v) is 11.9. The molecule has 1 nitrogen and oxygen atoms in total. The van der Waals surface area contributed by atoms with Crippen molar-refractivity contribution in [3.63, 3.8) is 0 Å². The van der Waals surface area contributed by atoms with Gasteiger partial charge in [0.1, 0.15) is 5.82 Å². The van der Waals surface area contributed by atoms with Crippen LogP contribution in [-0.2, 0) is 11.6 Å². The van der Waals surface area contributed by atoms with Gasteiger partial charge >= 0.3 is 6.18 Å². The molecule has 0 spiro atoms. The number of nitrogens with zero attached hydrogens (tertiary/aromatic N) is 1. The number of aromatic nitrogens is 1. The van der Waals surface area contributed by atoms with E-state index in [9.17, 15) is 17.6 Å². The third-order valence-corrected chi connectivity index (χ3v) is 3.13. The molecule has 112 valence electrons. The van der Waals surface area contributed by atoms with Gasteiger partial charge in [0, 0.05) is 22.9 Å². The van der Waals surface area contributed by atoms with Crippen LogP contribution in [0.25, 0.3) is 11.1 Å². The first-order valence-corrected chi connectivity index (χ1v) is 6.43. The summed E-state index contributed by atoms with van der Waals surface area (Å²) in [4.78, 5) is 4.13. The van der Waals surface area contributed by atoms with Crippen LogP contribution in [0.5, 0.6) is 0 Å². The number of rotatable bonds is 1. The Balaban J connectivity index is 2.63. The van der Waals surface area contributed by atoms with Crippen molar-refractivity contribution in [2.45, 2.75) is 32.4 Å². The molecule has 2 rings (SSSR count). The minimum Gasteiger partial charge on any atom is -0.260 e. The maximum Gasteiger partial charge on any atom is 0.417 e. The molecule has 21 heavy (non-hydrogen) atoms. The van der Waals surface area contributed by atoms with Crippen LogP contribution in [0.3, 0.4) is 0 Å². The summed E-state index contributed by atoms with van der Waals surface area (Å²) in [7, 11) is 0. The van der Waals surface area contributed by atoms with Gasteiger partial charge in [0.15, 0.2) is 0 Å². The molecular formula is C16H15F4N. The lowest BCUT2D eigenvalue weighted by atomic mass is 9.89. The average molecular weight is 297 g/mol. The normalized spacial score (nSPS) is 12.5. The molecule has 0 atom stereocenters. The van der Waals surface area contributed by atoms with Gasteiger partial charge < -0.3 is 0 Å². The van der Waals surface area contributed by atoms with Gasteiger partial charge in [0.05, 0.1) is 5.56 Å². The molecule has 0 N–H and O–H groups in total. The van der Waals surface area contributed by atoms with Crippen molar-refractivity contribution in [3.8, 4) is 11.1 Å². The van der Waals surface area contributed by atoms with Crippen LogP contribution in [0.4, 0.5) is 17.6 Å². The second-order valence-electron chi connectivity index (χ2n) is 5.87. The summed E-state index contributed by atoms with van der Waals surface area (Å²) < 4.78 is 52.8. The number of hydrogen-bond donors (Lipinski definition) is 0. The van der Waals surface area contributed by atoms with Gasteiger partial charge in [-0.1, -0.05) is 32.9 Å². The maximum absolute atomic E-state index is 13.3. The van der Waals surface area contributed by atoms with E-state index in [2.05, 4.69) is 4.98 Å². The second kappa shape index (κ2) is 5.13. The highest BCUT2D eigenvalue weighted by Crippen LogP contribution is 2.38. The van der Waals surface area contributed by atoms with Crippen LogP contribution in [0.1, 0.15) is 32.0 Å². The third-order valence-electron chi connectivity index (χ3n) is 3.13. The van der Waals surface area contributed by atoms with Crippen molar-refractivity contribution in [2.24, 2.45) is 0 Å². The lowest BCUT2D eigenvalue weighted by molar-refractivity contribution is -0.137. The second-order valence-corrected chi connectivity index (χ2v) is 5.87. The summed E-state index contributed by atoms with van der Waals surface area (Å²) in [6.45, 7) is 5.40. The summed E-state index contributed by atoms with van der Waals surface area (Å²) in [5, 5.41) is 0. The van der Waals surface area contributed by atoms with Gasteiger partial charge in [-0.3, -0.25) is 4.98 Å². The van der Waals surface area contributed by atoms with Crippen molar-refractivity contribution in [1.82, 2.24) is 4.98 Å². The van der Waals surface area contributed by atoms with Gasteiger partial charge in [0.2, 0.25) is 0 Å². The van der Waals surface area contributed by atoms with E-state index in [0.717, 1.165) is 18.2 Å². The Morgan fingerprint density at radius 3 is 2.00 bits per heavy atom. The molecule has 0 unspecified atom stereocenters. The molecule has 0 fully saturated rings. The summed E-state index contributed by atoms with van der Waals surface area (Å²) in [5.74, 6) is -0.494. The van der Waals surface area contributed by atoms with Crippen molar-refractivity contribution >= 4 is 0 Å². The molecule has 1 aromatic carbocycles. The van der Waals surface area contributed by atoms with Crippen LogP contribution >= 0.6 is 0 Å². The van der Waals surface area contributed by atoms with E-state index >= 15 is 0 Å². The van der Waals surface area contributed by atoms with E-state index in [1.54, 1.807) is 20.8 Å². The van der Waals surface area contributed by atoms with Gasteiger partial charge in [0.25, 0.3) is 0 Å². The van der Waals surface area contributed by atoms with Gasteiger partial charge in [-0.05, 0) is 23.8 Å². The van der Waals surface area contributed by atoms with E-state index in [1.807, 2.05) is 0 Å². The van der Waals surface area contributed by atoms with E-state index in [1.165, 1.54) is 18.3 Å². The standard InChI is InChI=1S/C16H15F4N/c1-15(2,3)14-8-13(16(18,19)20)12(9-21-14)10-4-6-11(17)7-5-10/h4-9H,1-3H3. The van der Waals surface area contributed by atoms with Crippen LogP contribution in [0.15, 0.2) is 36.5 Å². The minimum atomic E-state index is -4.49. The fourth-order valence-electron chi connectivity index (χ4n) is 1.96. The van der Waals surface area contributed by atoms with Crippen molar-refractivity contribution in [1.29, 1.82) is 0 Å². The van der Waals surface area contributed by atoms with Gasteiger partial charge in [-0.25, -0.2) is 4.39 Å². The first kappa shape index (κ1) is 15.5. The van der Waals surface area contributed by atoms with Crippen molar-refractivity contribution in [3.05, 3.63) is 53.6 Å². The molecule has 2 aromatic rings. The molecule has 0 aliphatic carbocycles. The number of pyridine rings is 1. The lowest BCUT2D eigenvalue weighted by Gasteiger charge is -2.21. The molecule has 5 heteroatoms. The van der Waals surface area contributed by atoms with Crippen molar-refractivity contribution in [2.75, 3.05) is 0 Å². The predicted molar refractivity (Wildman–Crippen MR) is 73.3 cm³/mol. The van der Waals surface area contributed by atoms with E-state index in [0.29, 0.717) is 5.69 Å². The quantitative estimate of drug-likeness (QED) is 0.659. The summed E-state index contributed by atoms with van der Waals surface area (Å²) >= 11 is 0. The predicted octanol–water partition coefficient (Wildman–Crippen LogP) is 5.20. The van der Waals surface area contributed by atoms with E-state index in [-0.39, 0.29) is 11.1 Å². The van der Waals surface area contributed by atoms with Gasteiger partial charge in [-0.2, -0.15) is 13.2 Å². The Kier molecular flexibility index (Phi) is 3.78. The molecule has 0 saturated carbocycles. The number of alkyl halides is 3. The molecule has 0 aliphatic heterocycles. The molecule has 1 aromatic heterocycles. The maximum atomic E-state index is 13.3. The Morgan fingerprint density at radius 1 is 0.952 bits per heavy atom. The minimum absolute atomic E-state index is 0.0458. The zero-order chi connectivity index (χ0) is 15.8. The number of halogens is 4. The van der Waals surface area contributed by atoms with Crippen LogP contribution in [0, 0.1) is 5.82 Å². The number of benzene rings is 1. The van der Waals surface area contributed by atoms with Crippen LogP contribution in [-0.4, -0.2) is 4.98 Å².